The van der Waals surface area contributed by atoms with E-state index in [-0.39, 0.29) is 0 Å². The van der Waals surface area contributed by atoms with Crippen molar-refractivity contribution in [2.75, 3.05) is 0 Å². The predicted molar refractivity (Wildman–Crippen MR) is 167 cm³/mol. The molecule has 0 amide bonds. The molecule has 0 saturated carbocycles. The number of thioether (sulfide) groups is 1. The van der Waals surface area contributed by atoms with Gasteiger partial charge in [0.25, 0.3) is 0 Å². The van der Waals surface area contributed by atoms with Crippen LogP contribution in [0, 0.1) is 0 Å². The molecule has 0 aliphatic heterocycles. The van der Waals surface area contributed by atoms with Gasteiger partial charge in [0.15, 0.2) is 0 Å². The summed E-state index contributed by atoms with van der Waals surface area (Å²) >= 11 is 5.52. The summed E-state index contributed by atoms with van der Waals surface area (Å²) in [5.41, 5.74) is 9.33. The minimum absolute atomic E-state index is 0.402. The Bertz CT molecular complexity index is 1190. The number of hydrogen-bond acceptors (Lipinski definition) is 2. The molecule has 0 N–H and O–H groups in total. The first-order chi connectivity index (χ1) is 18.2. The molecule has 0 aliphatic carbocycles. The van der Waals surface area contributed by atoms with Crippen LogP contribution in [-0.2, 0) is 20.9 Å². The van der Waals surface area contributed by atoms with E-state index in [2.05, 4.69) is 153 Å². The Balaban J connectivity index is 0.00000247. The second-order valence-electron chi connectivity index (χ2n) is 10.4. The molecule has 0 saturated heterocycles. The molecule has 0 fully saturated rings. The molecule has 0 atom stereocenters. The van der Waals surface area contributed by atoms with Crippen molar-refractivity contribution in [2.45, 2.75) is 83.8 Å². The zero-order valence-electron chi connectivity index (χ0n) is 23.8. The molecule has 3 rings (SSSR count). The van der Waals surface area contributed by atoms with Crippen LogP contribution in [0.3, 0.4) is 0 Å². The van der Waals surface area contributed by atoms with Gasteiger partial charge in [-0.25, -0.2) is 0 Å². The van der Waals surface area contributed by atoms with E-state index in [1.165, 1.54) is 27.1 Å². The molecule has 0 aliphatic rings. The Hall–Kier alpha value is -1.97. The summed E-state index contributed by atoms with van der Waals surface area (Å²) in [6, 6.07) is 23.7. The van der Waals surface area contributed by atoms with Crippen molar-refractivity contribution in [2.24, 2.45) is 4.99 Å². The van der Waals surface area contributed by atoms with E-state index < -0.39 is 0 Å². The third kappa shape index (κ3) is 9.34. The van der Waals surface area contributed by atoms with Crippen molar-refractivity contribution in [1.29, 1.82) is 0 Å². The van der Waals surface area contributed by atoms with Gasteiger partial charge in [0.2, 0.25) is 0 Å². The fraction of sp³-hybridized carbons (Fsp3) is 0.364. The number of allylic oxidation sites excluding steroid dienone is 2. The van der Waals surface area contributed by atoms with Gasteiger partial charge in [-0.15, -0.1) is 17.4 Å². The van der Waals surface area contributed by atoms with Crippen LogP contribution in [0.1, 0.15) is 95.4 Å². The third-order valence-electron chi connectivity index (χ3n) is 6.25. The average Bonchev–Trinajstić information content (AvgIpc) is 2.89. The van der Waals surface area contributed by atoms with Gasteiger partial charge in [-0.2, -0.15) is 5.70 Å². The van der Waals surface area contributed by atoms with Crippen molar-refractivity contribution >= 4 is 38.9 Å². The monoisotopic (exact) mass is 595 g/mol. The molecule has 3 aromatic carbocycles. The van der Waals surface area contributed by atoms with Crippen molar-refractivity contribution in [3.8, 4) is 0 Å². The maximum absolute atomic E-state index is 5.16. The molecule has 0 spiro atoms. The van der Waals surface area contributed by atoms with E-state index in [0.29, 0.717) is 17.8 Å². The summed E-state index contributed by atoms with van der Waals surface area (Å²) in [5, 5.41) is 5.16. The summed E-state index contributed by atoms with van der Waals surface area (Å²) in [6.07, 6.45) is 2.12. The third-order valence-corrected chi connectivity index (χ3v) is 7.31. The van der Waals surface area contributed by atoms with Crippen molar-refractivity contribution in [3.63, 3.8) is 0 Å². The van der Waals surface area contributed by atoms with Crippen molar-refractivity contribution in [1.82, 2.24) is 0 Å². The Morgan fingerprint density at radius 2 is 1.32 bits per heavy atom. The normalized spacial score (nSPS) is 12.2. The fourth-order valence-corrected chi connectivity index (χ4v) is 5.27. The Morgan fingerprint density at radius 1 is 0.789 bits per heavy atom. The Kier molecular flexibility index (Phi) is 13.8. The van der Waals surface area contributed by atoms with Gasteiger partial charge >= 0.3 is 25.2 Å². The zero-order chi connectivity index (χ0) is 28.2. The minimum atomic E-state index is 0.402. The zero-order valence-corrected chi connectivity index (χ0v) is 26.4. The molecule has 0 aromatic heterocycles. The SMILES string of the molecule is CC(/C=C(/C)[N-]c1c(CSc2ccccc2)cccc1C(C)C)=Nc1c(C(C)C)cccc1C(C)C.[Cl][Cu+]. The predicted octanol–water partition coefficient (Wildman–Crippen LogP) is 11.7. The number of rotatable bonds is 10. The Morgan fingerprint density at radius 3 is 1.87 bits per heavy atom. The molecule has 3 aromatic rings. The number of aliphatic imine (C=N–C) groups is 1. The van der Waals surface area contributed by atoms with Crippen LogP contribution in [0.2, 0.25) is 0 Å². The summed E-state index contributed by atoms with van der Waals surface area (Å²) in [7, 11) is 4.20. The van der Waals surface area contributed by atoms with Gasteiger partial charge in [-0.1, -0.05) is 120 Å². The molecule has 38 heavy (non-hydrogen) atoms. The first-order valence-electron chi connectivity index (χ1n) is 13.2. The van der Waals surface area contributed by atoms with Gasteiger partial charge in [-0.3, -0.25) is 4.99 Å². The van der Waals surface area contributed by atoms with Crippen LogP contribution in [0.15, 0.2) is 88.4 Å². The summed E-state index contributed by atoms with van der Waals surface area (Å²) in [6.45, 7) is 17.6. The summed E-state index contributed by atoms with van der Waals surface area (Å²) in [4.78, 5) is 6.39. The van der Waals surface area contributed by atoms with E-state index in [0.717, 1.165) is 28.5 Å². The molecular formula is C33H41ClCuN2S. The average molecular weight is 597 g/mol. The van der Waals surface area contributed by atoms with Crippen LogP contribution < -0.4 is 0 Å². The van der Waals surface area contributed by atoms with E-state index in [4.69, 9.17) is 10.3 Å². The second kappa shape index (κ2) is 16.2. The number of benzene rings is 3. The molecule has 2 nitrogen and oxygen atoms in total. The topological polar surface area (TPSA) is 26.5 Å². The second-order valence-corrected chi connectivity index (χ2v) is 11.4. The first-order valence-corrected chi connectivity index (χ1v) is 15.4. The van der Waals surface area contributed by atoms with E-state index in [9.17, 15) is 0 Å². The number of para-hydroxylation sites is 2. The molecule has 0 bridgehead atoms. The summed E-state index contributed by atoms with van der Waals surface area (Å²) < 4.78 is 0. The van der Waals surface area contributed by atoms with Crippen molar-refractivity contribution < 1.29 is 15.1 Å². The van der Waals surface area contributed by atoms with Crippen molar-refractivity contribution in [3.05, 3.63) is 106 Å². The van der Waals surface area contributed by atoms with E-state index in [1.54, 1.807) is 0 Å². The molecule has 5 heteroatoms. The number of nitrogens with zero attached hydrogens (tertiary/aromatic N) is 2. The standard InChI is InChI=1S/C33H41N2S.ClH.Cu/c1-22(2)29-17-12-14-27(21-36-28-15-10-9-11-16-28)32(29)34-25(7)20-26(8)35-33-30(23(3)4)18-13-19-31(33)24(5)6;;/h9-20,22-24H,21H2,1-8H3;1H;/q-1;;+2/p-1/b25-20-,35-26?;;. The van der Waals surface area contributed by atoms with Crippen LogP contribution in [0.25, 0.3) is 5.32 Å². The van der Waals surface area contributed by atoms with Crippen LogP contribution >= 0.6 is 21.9 Å². The molecule has 0 unspecified atom stereocenters. The molecular weight excluding hydrogens is 555 g/mol. The fourth-order valence-electron chi connectivity index (χ4n) is 4.37. The van der Waals surface area contributed by atoms with Gasteiger partial charge in [0, 0.05) is 16.4 Å². The molecule has 207 valence electrons. The summed E-state index contributed by atoms with van der Waals surface area (Å²) in [5.74, 6) is 2.14. The van der Waals surface area contributed by atoms with Crippen LogP contribution in [0.4, 0.5) is 11.4 Å². The van der Waals surface area contributed by atoms with E-state index in [1.807, 2.05) is 11.8 Å². The quantitative estimate of drug-likeness (QED) is 0.130. The van der Waals surface area contributed by atoms with Crippen LogP contribution in [-0.4, -0.2) is 5.71 Å². The van der Waals surface area contributed by atoms with Gasteiger partial charge in [-0.05, 0) is 47.9 Å². The van der Waals surface area contributed by atoms with Gasteiger partial charge in [0.05, 0.1) is 5.69 Å². The van der Waals surface area contributed by atoms with E-state index >= 15 is 0 Å². The molecule has 0 radical (unpaired) electrons. The van der Waals surface area contributed by atoms with Crippen LogP contribution in [0.5, 0.6) is 0 Å². The maximum atomic E-state index is 5.16. The van der Waals surface area contributed by atoms with Gasteiger partial charge < -0.3 is 5.32 Å². The Labute approximate surface area is 247 Å². The van der Waals surface area contributed by atoms with Gasteiger partial charge in [0.1, 0.15) is 0 Å². The first kappa shape index (κ1) is 32.2. The number of hydrogen-bond donors (Lipinski definition) is 0. The molecule has 0 heterocycles. The number of halogens is 1.